The molecule has 6 atom stereocenters. The number of hydrogen-bond donors (Lipinski definition) is 1. The number of hydrogen-bond acceptors (Lipinski definition) is 5. The molecule has 2 saturated heterocycles. The Morgan fingerprint density at radius 2 is 1.15 bits per heavy atom. The quantitative estimate of drug-likeness (QED) is 0.0850. The lowest BCUT2D eigenvalue weighted by Gasteiger charge is -2.45. The minimum atomic E-state index is -1.93. The number of aliphatic hydroxyl groups excluding tert-OH is 1. The maximum atomic E-state index is 9.10. The second kappa shape index (κ2) is 20.9. The van der Waals surface area contributed by atoms with E-state index in [9.17, 15) is 0 Å². The molecular formula is C40H82O5Si2. The van der Waals surface area contributed by atoms with Gasteiger partial charge in [0.1, 0.15) is 0 Å². The number of ether oxygens (including phenoxy) is 2. The summed E-state index contributed by atoms with van der Waals surface area (Å²) in [6.45, 7) is 26.3. The standard InChI is InChI=1S/C40H82O5Si2/c1-12-13-14-15-16-17-20-23-26-33-38(45-47(10,11)40(5,6)7)31-30-35(42-33)34-28-29-36(43-34)37(44-46(8,9)39(2,3)4)27-24-21-18-19-22-25-32-41/h33-38,41H,12-32H2,1-11H3/t33-,34-,35-,36+,37+,38+/m0/s1. The van der Waals surface area contributed by atoms with Crippen LogP contribution in [0.1, 0.15) is 177 Å². The van der Waals surface area contributed by atoms with Gasteiger partial charge in [0.15, 0.2) is 16.6 Å². The topological polar surface area (TPSA) is 57.2 Å². The molecule has 2 heterocycles. The molecule has 0 aromatic rings. The van der Waals surface area contributed by atoms with E-state index in [4.69, 9.17) is 23.4 Å². The van der Waals surface area contributed by atoms with Crippen LogP contribution < -0.4 is 0 Å². The molecule has 2 fully saturated rings. The molecule has 2 aliphatic heterocycles. The molecule has 0 bridgehead atoms. The Kier molecular flexibility index (Phi) is 19.3. The Morgan fingerprint density at radius 1 is 0.638 bits per heavy atom. The average Bonchev–Trinajstić information content (AvgIpc) is 3.47. The lowest BCUT2D eigenvalue weighted by atomic mass is 9.93. The van der Waals surface area contributed by atoms with Crippen molar-refractivity contribution >= 4 is 16.6 Å². The summed E-state index contributed by atoms with van der Waals surface area (Å²) in [4.78, 5) is 0. The molecule has 2 aliphatic rings. The molecule has 2 rings (SSSR count). The molecule has 0 amide bonds. The third-order valence-corrected chi connectivity index (χ3v) is 21.2. The molecule has 0 unspecified atom stereocenters. The van der Waals surface area contributed by atoms with Crippen LogP contribution in [0.15, 0.2) is 0 Å². The van der Waals surface area contributed by atoms with Gasteiger partial charge in [0.05, 0.1) is 36.6 Å². The highest BCUT2D eigenvalue weighted by molar-refractivity contribution is 6.74. The molecule has 5 nitrogen and oxygen atoms in total. The van der Waals surface area contributed by atoms with Crippen LogP contribution in [0.3, 0.4) is 0 Å². The van der Waals surface area contributed by atoms with Crippen molar-refractivity contribution in [1.82, 2.24) is 0 Å². The fourth-order valence-electron chi connectivity index (χ4n) is 6.87. The molecular weight excluding hydrogens is 617 g/mol. The van der Waals surface area contributed by atoms with Gasteiger partial charge in [0.25, 0.3) is 0 Å². The normalized spacial score (nSPS) is 25.4. The highest BCUT2D eigenvalue weighted by Gasteiger charge is 2.47. The van der Waals surface area contributed by atoms with Gasteiger partial charge in [0.2, 0.25) is 0 Å². The number of aliphatic hydroxyl groups is 1. The zero-order valence-corrected chi connectivity index (χ0v) is 35.4. The first kappa shape index (κ1) is 43.4. The van der Waals surface area contributed by atoms with Gasteiger partial charge in [0, 0.05) is 6.61 Å². The molecule has 280 valence electrons. The molecule has 0 aromatic carbocycles. The average molecular weight is 699 g/mol. The van der Waals surface area contributed by atoms with Gasteiger partial charge in [-0.25, -0.2) is 0 Å². The van der Waals surface area contributed by atoms with E-state index in [1.54, 1.807) is 0 Å². The van der Waals surface area contributed by atoms with Crippen LogP contribution in [0.2, 0.25) is 36.3 Å². The van der Waals surface area contributed by atoms with Gasteiger partial charge in [-0.2, -0.15) is 0 Å². The van der Waals surface area contributed by atoms with Crippen LogP contribution in [-0.4, -0.2) is 65.0 Å². The highest BCUT2D eigenvalue weighted by Crippen LogP contribution is 2.43. The van der Waals surface area contributed by atoms with E-state index in [2.05, 4.69) is 74.7 Å². The van der Waals surface area contributed by atoms with Gasteiger partial charge < -0.3 is 23.4 Å². The first-order valence-electron chi connectivity index (χ1n) is 20.3. The minimum Gasteiger partial charge on any atom is -0.411 e. The first-order chi connectivity index (χ1) is 22.0. The predicted molar refractivity (Wildman–Crippen MR) is 207 cm³/mol. The van der Waals surface area contributed by atoms with E-state index in [1.165, 1.54) is 77.0 Å². The van der Waals surface area contributed by atoms with E-state index in [0.29, 0.717) is 6.61 Å². The van der Waals surface area contributed by atoms with Crippen LogP contribution in [0.4, 0.5) is 0 Å². The Bertz CT molecular complexity index is 820. The summed E-state index contributed by atoms with van der Waals surface area (Å²) in [6, 6.07) is 0. The summed E-state index contributed by atoms with van der Waals surface area (Å²) in [6.07, 6.45) is 25.2. The van der Waals surface area contributed by atoms with Crippen LogP contribution in [0.25, 0.3) is 0 Å². The van der Waals surface area contributed by atoms with E-state index in [0.717, 1.165) is 51.4 Å². The highest BCUT2D eigenvalue weighted by atomic mass is 28.4. The minimum absolute atomic E-state index is 0.165. The Morgan fingerprint density at radius 3 is 1.72 bits per heavy atom. The molecule has 0 aromatic heterocycles. The number of unbranched alkanes of at least 4 members (excludes halogenated alkanes) is 12. The summed E-state index contributed by atoms with van der Waals surface area (Å²) in [5.41, 5.74) is 0. The molecule has 0 aliphatic carbocycles. The molecule has 0 spiro atoms. The van der Waals surface area contributed by atoms with Crippen LogP contribution >= 0.6 is 0 Å². The van der Waals surface area contributed by atoms with Crippen LogP contribution in [0.5, 0.6) is 0 Å². The van der Waals surface area contributed by atoms with Gasteiger partial charge in [-0.15, -0.1) is 0 Å². The van der Waals surface area contributed by atoms with Gasteiger partial charge in [-0.05, 0) is 81.2 Å². The van der Waals surface area contributed by atoms with Crippen molar-refractivity contribution in [2.24, 2.45) is 0 Å². The lowest BCUT2D eigenvalue weighted by molar-refractivity contribution is -0.165. The van der Waals surface area contributed by atoms with Crippen molar-refractivity contribution in [2.45, 2.75) is 250 Å². The maximum absolute atomic E-state index is 9.10. The van der Waals surface area contributed by atoms with Crippen molar-refractivity contribution in [3.05, 3.63) is 0 Å². The third kappa shape index (κ3) is 15.2. The van der Waals surface area contributed by atoms with Crippen LogP contribution in [-0.2, 0) is 18.3 Å². The zero-order chi connectivity index (χ0) is 35.1. The first-order valence-corrected chi connectivity index (χ1v) is 26.1. The zero-order valence-electron chi connectivity index (χ0n) is 33.4. The van der Waals surface area contributed by atoms with Crippen LogP contribution in [0, 0.1) is 0 Å². The van der Waals surface area contributed by atoms with E-state index < -0.39 is 16.6 Å². The van der Waals surface area contributed by atoms with Crippen molar-refractivity contribution in [2.75, 3.05) is 6.61 Å². The fourth-order valence-corrected chi connectivity index (χ4v) is 9.63. The second-order valence-corrected chi connectivity index (χ2v) is 27.8. The fraction of sp³-hybridized carbons (Fsp3) is 1.00. The second-order valence-electron chi connectivity index (χ2n) is 18.3. The van der Waals surface area contributed by atoms with Gasteiger partial charge >= 0.3 is 0 Å². The Labute approximate surface area is 295 Å². The van der Waals surface area contributed by atoms with Crippen molar-refractivity contribution in [3.8, 4) is 0 Å². The Hall–Kier alpha value is 0.234. The van der Waals surface area contributed by atoms with E-state index >= 15 is 0 Å². The van der Waals surface area contributed by atoms with E-state index in [-0.39, 0.29) is 46.7 Å². The molecule has 1 N–H and O–H groups in total. The predicted octanol–water partition coefficient (Wildman–Crippen LogP) is 12.1. The molecule has 47 heavy (non-hydrogen) atoms. The Balaban J connectivity index is 2.04. The summed E-state index contributed by atoms with van der Waals surface area (Å²) < 4.78 is 28.2. The summed E-state index contributed by atoms with van der Waals surface area (Å²) in [7, 11) is -3.81. The smallest absolute Gasteiger partial charge is 0.192 e. The molecule has 0 saturated carbocycles. The largest absolute Gasteiger partial charge is 0.411 e. The van der Waals surface area contributed by atoms with E-state index in [1.807, 2.05) is 0 Å². The maximum Gasteiger partial charge on any atom is 0.192 e. The molecule has 7 heteroatoms. The SMILES string of the molecule is CCCCCCCCCC[C@@H]1O[C@H]([C@@H]2CC[C@H]([C@@H](CCCCCCCCO)O[Si](C)(C)C(C)(C)C)O2)CC[C@H]1O[Si](C)(C)C(C)(C)C. The van der Waals surface area contributed by atoms with Crippen molar-refractivity contribution < 1.29 is 23.4 Å². The molecule has 0 radical (unpaired) electrons. The van der Waals surface area contributed by atoms with Crippen molar-refractivity contribution in [3.63, 3.8) is 0 Å². The summed E-state index contributed by atoms with van der Waals surface area (Å²) >= 11 is 0. The van der Waals surface area contributed by atoms with Crippen molar-refractivity contribution in [1.29, 1.82) is 0 Å². The lowest BCUT2D eigenvalue weighted by Crippen LogP contribution is -2.52. The number of rotatable bonds is 23. The summed E-state index contributed by atoms with van der Waals surface area (Å²) in [5, 5.41) is 9.49. The van der Waals surface area contributed by atoms with Gasteiger partial charge in [-0.1, -0.05) is 132 Å². The monoisotopic (exact) mass is 699 g/mol. The van der Waals surface area contributed by atoms with Gasteiger partial charge in [-0.3, -0.25) is 0 Å². The third-order valence-electron chi connectivity index (χ3n) is 12.2. The summed E-state index contributed by atoms with van der Waals surface area (Å²) in [5.74, 6) is 0.